The van der Waals surface area contributed by atoms with E-state index in [-0.39, 0.29) is 0 Å². The first-order valence-corrected chi connectivity index (χ1v) is 22.2. The van der Waals surface area contributed by atoms with Gasteiger partial charge in [0.15, 0.2) is 8.07 Å². The maximum absolute atomic E-state index is 2.53. The van der Waals surface area contributed by atoms with Crippen molar-refractivity contribution in [1.82, 2.24) is 0 Å². The molecule has 0 aromatic heterocycles. The van der Waals surface area contributed by atoms with Crippen LogP contribution in [0, 0.1) is 0 Å². The fourth-order valence-corrected chi connectivity index (χ4v) is 15.8. The molecule has 2 aliphatic rings. The second-order valence-electron chi connectivity index (χ2n) is 15.6. The molecule has 0 N–H and O–H groups in total. The normalized spacial score (nSPS) is 13.0. The van der Waals surface area contributed by atoms with Crippen molar-refractivity contribution in [2.24, 2.45) is 0 Å². The zero-order valence-corrected chi connectivity index (χ0v) is 32.8. The summed E-state index contributed by atoms with van der Waals surface area (Å²) in [5, 5.41) is 11.0. The number of nitrogens with zero attached hydrogens (tertiary/aromatic N) is 1. The monoisotopic (exact) mass is 751 g/mol. The summed E-state index contributed by atoms with van der Waals surface area (Å²) in [6.45, 7) is 0. The molecule has 2 heteroatoms. The fraction of sp³-hybridized carbons (Fsp3) is 0. The molecule has 10 aromatic rings. The van der Waals surface area contributed by atoms with Gasteiger partial charge in [-0.2, -0.15) is 0 Å². The van der Waals surface area contributed by atoms with E-state index in [1.807, 2.05) is 0 Å². The molecule has 0 fully saturated rings. The van der Waals surface area contributed by atoms with Crippen LogP contribution >= 0.6 is 0 Å². The maximum atomic E-state index is 2.53. The minimum absolute atomic E-state index is 1.12. The summed E-state index contributed by atoms with van der Waals surface area (Å²) in [4.78, 5) is 2.43. The van der Waals surface area contributed by atoms with Crippen LogP contribution in [0.2, 0.25) is 0 Å². The topological polar surface area (TPSA) is 3.24 Å². The number of anilines is 3. The molecule has 0 amide bonds. The van der Waals surface area contributed by atoms with Crippen LogP contribution in [0.5, 0.6) is 0 Å². The molecule has 58 heavy (non-hydrogen) atoms. The summed E-state index contributed by atoms with van der Waals surface area (Å²) in [6, 6.07) is 83.6. The van der Waals surface area contributed by atoms with Gasteiger partial charge in [-0.25, -0.2) is 0 Å². The van der Waals surface area contributed by atoms with Crippen molar-refractivity contribution in [2.75, 3.05) is 4.90 Å². The SMILES string of the molecule is c1ccc(-c2ccc(N(c3ccc(-c4ccc5c(c4)[Si]4(c6ccccc6-c6ccccc64)c4ccccc4-5)cc3)c3cc4ccccc4c4ccccc34)cc2)cc1. The lowest BCUT2D eigenvalue weighted by atomic mass is 9.98. The van der Waals surface area contributed by atoms with Gasteiger partial charge in [0.2, 0.25) is 0 Å². The lowest BCUT2D eigenvalue weighted by Gasteiger charge is -2.28. The molecule has 0 radical (unpaired) electrons. The van der Waals surface area contributed by atoms with Gasteiger partial charge >= 0.3 is 0 Å². The molecule has 270 valence electrons. The molecule has 0 unspecified atom stereocenters. The quantitative estimate of drug-likeness (QED) is 0.125. The number of benzene rings is 10. The Balaban J connectivity index is 1.01. The average molecular weight is 752 g/mol. The Morgan fingerprint density at radius 1 is 0.276 bits per heavy atom. The number of rotatable bonds is 5. The third kappa shape index (κ3) is 4.76. The predicted molar refractivity (Wildman–Crippen MR) is 249 cm³/mol. The van der Waals surface area contributed by atoms with Crippen LogP contribution in [0.25, 0.3) is 66.1 Å². The highest BCUT2D eigenvalue weighted by Gasteiger charge is 2.53. The molecule has 0 saturated heterocycles. The van der Waals surface area contributed by atoms with Gasteiger partial charge in [0, 0.05) is 16.8 Å². The highest BCUT2D eigenvalue weighted by Crippen LogP contribution is 2.43. The van der Waals surface area contributed by atoms with Crippen LogP contribution in [-0.2, 0) is 0 Å². The minimum atomic E-state index is -2.52. The summed E-state index contributed by atoms with van der Waals surface area (Å²) in [7, 11) is -2.52. The molecule has 0 aliphatic carbocycles. The van der Waals surface area contributed by atoms with Crippen molar-refractivity contribution in [3.05, 3.63) is 224 Å². The van der Waals surface area contributed by atoms with E-state index in [0.717, 1.165) is 17.1 Å². The smallest absolute Gasteiger partial charge is 0.182 e. The summed E-state index contributed by atoms with van der Waals surface area (Å²) >= 11 is 0. The lowest BCUT2D eigenvalue weighted by Crippen LogP contribution is -2.70. The Morgan fingerprint density at radius 3 is 1.31 bits per heavy atom. The van der Waals surface area contributed by atoms with Crippen LogP contribution < -0.4 is 25.6 Å². The highest BCUT2D eigenvalue weighted by atomic mass is 28.3. The molecule has 12 rings (SSSR count). The first-order chi connectivity index (χ1) is 28.8. The Morgan fingerprint density at radius 2 is 0.707 bits per heavy atom. The van der Waals surface area contributed by atoms with Crippen molar-refractivity contribution in [3.63, 3.8) is 0 Å². The van der Waals surface area contributed by atoms with Crippen molar-refractivity contribution in [1.29, 1.82) is 0 Å². The number of hydrogen-bond donors (Lipinski definition) is 0. The summed E-state index contributed by atoms with van der Waals surface area (Å²) in [5.41, 5.74) is 13.8. The van der Waals surface area contributed by atoms with E-state index in [1.165, 1.54) is 86.8 Å². The second kappa shape index (κ2) is 12.9. The van der Waals surface area contributed by atoms with E-state index in [1.54, 1.807) is 0 Å². The Kier molecular flexibility index (Phi) is 7.32. The van der Waals surface area contributed by atoms with Gasteiger partial charge in [-0.15, -0.1) is 0 Å². The van der Waals surface area contributed by atoms with Gasteiger partial charge in [0.1, 0.15) is 0 Å². The van der Waals surface area contributed by atoms with E-state index in [2.05, 4.69) is 229 Å². The predicted octanol–water partition coefficient (Wildman–Crippen LogP) is 12.1. The van der Waals surface area contributed by atoms with Gasteiger partial charge in [-0.1, -0.05) is 194 Å². The lowest BCUT2D eigenvalue weighted by molar-refractivity contribution is 1.30. The molecule has 2 aliphatic heterocycles. The number of hydrogen-bond acceptors (Lipinski definition) is 1. The minimum Gasteiger partial charge on any atom is -0.310 e. The van der Waals surface area contributed by atoms with Gasteiger partial charge in [-0.05, 0) is 112 Å². The van der Waals surface area contributed by atoms with Crippen LogP contribution in [-0.4, -0.2) is 8.07 Å². The fourth-order valence-electron chi connectivity index (χ4n) is 10.2. The molecular formula is C56H37NSi. The Labute approximate surface area is 339 Å². The molecule has 0 saturated carbocycles. The van der Waals surface area contributed by atoms with Gasteiger partial charge in [-0.3, -0.25) is 0 Å². The van der Waals surface area contributed by atoms with Crippen LogP contribution in [0.3, 0.4) is 0 Å². The van der Waals surface area contributed by atoms with Crippen LogP contribution in [0.15, 0.2) is 224 Å². The molecule has 2 heterocycles. The zero-order valence-electron chi connectivity index (χ0n) is 31.8. The summed E-state index contributed by atoms with van der Waals surface area (Å²) in [6.07, 6.45) is 0. The second-order valence-corrected chi connectivity index (χ2v) is 19.3. The number of fused-ring (bicyclic) bond motifs is 13. The van der Waals surface area contributed by atoms with E-state index >= 15 is 0 Å². The van der Waals surface area contributed by atoms with E-state index in [9.17, 15) is 0 Å². The molecule has 1 spiro atoms. The first-order valence-electron chi connectivity index (χ1n) is 20.2. The molecule has 0 atom stereocenters. The first kappa shape index (κ1) is 32.9. The maximum Gasteiger partial charge on any atom is 0.182 e. The highest BCUT2D eigenvalue weighted by molar-refractivity contribution is 7.24. The summed E-state index contributed by atoms with van der Waals surface area (Å²) < 4.78 is 0. The average Bonchev–Trinajstić information content (AvgIpc) is 3.77. The van der Waals surface area contributed by atoms with Crippen molar-refractivity contribution in [3.8, 4) is 44.5 Å². The van der Waals surface area contributed by atoms with E-state index in [4.69, 9.17) is 0 Å². The Hall–Kier alpha value is -7.26. The third-order valence-electron chi connectivity index (χ3n) is 12.7. The third-order valence-corrected chi connectivity index (χ3v) is 17.6. The van der Waals surface area contributed by atoms with Crippen LogP contribution in [0.4, 0.5) is 17.1 Å². The molecule has 1 nitrogen and oxygen atoms in total. The van der Waals surface area contributed by atoms with E-state index < -0.39 is 8.07 Å². The van der Waals surface area contributed by atoms with Gasteiger partial charge in [0.05, 0.1) is 5.69 Å². The van der Waals surface area contributed by atoms with Gasteiger partial charge in [0.25, 0.3) is 0 Å². The Bertz CT molecular complexity index is 3160. The van der Waals surface area contributed by atoms with Crippen molar-refractivity contribution in [2.45, 2.75) is 0 Å². The standard InChI is InChI=1S/C56H37NSi/c1-2-14-38(15-3-1)39-26-31-43(32-27-39)57(52-36-42-16-4-5-17-45(42)46-18-6-7-19-47(46)52)44-33-28-40(29-34-44)41-30-35-51-50-22-10-13-25-55(50)58(56(51)37-41)53-23-11-8-20-48(53)49-21-9-12-24-54(49)58/h1-37H. The molecule has 0 bridgehead atoms. The largest absolute Gasteiger partial charge is 0.310 e. The molecule has 10 aromatic carbocycles. The summed E-state index contributed by atoms with van der Waals surface area (Å²) in [5.74, 6) is 0. The van der Waals surface area contributed by atoms with Gasteiger partial charge < -0.3 is 4.90 Å². The van der Waals surface area contributed by atoms with Crippen molar-refractivity contribution >= 4 is 67.4 Å². The zero-order chi connectivity index (χ0) is 38.2. The van der Waals surface area contributed by atoms with E-state index in [0.29, 0.717) is 0 Å². The van der Waals surface area contributed by atoms with Crippen LogP contribution in [0.1, 0.15) is 0 Å². The molecular weight excluding hydrogens is 715 g/mol. The van der Waals surface area contributed by atoms with Crippen molar-refractivity contribution < 1.29 is 0 Å².